The van der Waals surface area contributed by atoms with Crippen LogP contribution in [-0.4, -0.2) is 33.3 Å². The van der Waals surface area contributed by atoms with Crippen molar-refractivity contribution in [1.82, 2.24) is 25.5 Å². The molecule has 3 aromatic rings. The van der Waals surface area contributed by atoms with Gasteiger partial charge in [0.05, 0.1) is 0 Å². The Kier molecular flexibility index (Phi) is 4.88. The maximum Gasteiger partial charge on any atom is 0.162 e. The quantitative estimate of drug-likeness (QED) is 0.802. The van der Waals surface area contributed by atoms with Crippen LogP contribution in [0.25, 0.3) is 10.8 Å². The molecule has 23 heavy (non-hydrogen) atoms. The lowest BCUT2D eigenvalue weighted by Gasteiger charge is -2.30. The van der Waals surface area contributed by atoms with Crippen LogP contribution < -0.4 is 5.32 Å². The lowest BCUT2D eigenvalue weighted by atomic mass is 9.87. The van der Waals surface area contributed by atoms with Crippen molar-refractivity contribution in [2.24, 2.45) is 5.92 Å². The lowest BCUT2D eigenvalue weighted by molar-refractivity contribution is 0.261. The molecular formula is C17H20ClN5. The predicted octanol–water partition coefficient (Wildman–Crippen LogP) is 2.84. The molecule has 1 aliphatic rings. The molecule has 0 amide bonds. The van der Waals surface area contributed by atoms with Gasteiger partial charge in [-0.15, -0.1) is 22.6 Å². The number of halogens is 1. The van der Waals surface area contributed by atoms with Crippen LogP contribution in [0.1, 0.15) is 24.4 Å². The summed E-state index contributed by atoms with van der Waals surface area (Å²) in [6, 6.07) is 15.2. The number of nitrogens with zero attached hydrogens (tertiary/aromatic N) is 4. The number of rotatable bonds is 3. The highest BCUT2D eigenvalue weighted by Gasteiger charge is 2.28. The minimum Gasteiger partial charge on any atom is -0.316 e. The van der Waals surface area contributed by atoms with Crippen molar-refractivity contribution in [1.29, 1.82) is 0 Å². The highest BCUT2D eigenvalue weighted by atomic mass is 35.5. The molecule has 0 spiro atoms. The monoisotopic (exact) mass is 329 g/mol. The molecule has 2 heterocycles. The van der Waals surface area contributed by atoms with Crippen LogP contribution in [0, 0.1) is 5.92 Å². The topological polar surface area (TPSA) is 55.6 Å². The van der Waals surface area contributed by atoms with Gasteiger partial charge in [-0.1, -0.05) is 36.4 Å². The number of nitrogens with one attached hydrogen (secondary N) is 1. The fraction of sp³-hybridized carbons (Fsp3) is 0.353. The van der Waals surface area contributed by atoms with Gasteiger partial charge in [0.15, 0.2) is 6.33 Å². The van der Waals surface area contributed by atoms with E-state index in [2.05, 4.69) is 63.2 Å². The van der Waals surface area contributed by atoms with E-state index < -0.39 is 0 Å². The van der Waals surface area contributed by atoms with Crippen LogP contribution in [0.15, 0.2) is 48.8 Å². The van der Waals surface area contributed by atoms with Crippen LogP contribution >= 0.6 is 12.4 Å². The van der Waals surface area contributed by atoms with Crippen molar-refractivity contribution in [2.75, 3.05) is 13.1 Å². The van der Waals surface area contributed by atoms with Gasteiger partial charge in [-0.05, 0) is 52.9 Å². The molecule has 6 heteroatoms. The molecular weight excluding hydrogens is 310 g/mol. The first-order valence-electron chi connectivity index (χ1n) is 7.84. The Labute approximate surface area is 141 Å². The van der Waals surface area contributed by atoms with E-state index in [-0.39, 0.29) is 18.4 Å². The average Bonchev–Trinajstić information content (AvgIpc) is 3.10. The second-order valence-corrected chi connectivity index (χ2v) is 5.91. The van der Waals surface area contributed by atoms with E-state index in [1.54, 1.807) is 4.80 Å². The molecule has 0 unspecified atom stereocenters. The third-order valence-corrected chi connectivity index (χ3v) is 4.51. The normalized spacial score (nSPS) is 19.2. The second kappa shape index (κ2) is 7.06. The number of tetrazole rings is 1. The molecule has 1 aliphatic heterocycles. The third kappa shape index (κ3) is 3.21. The zero-order valence-corrected chi connectivity index (χ0v) is 13.6. The molecule has 0 aliphatic carbocycles. The Morgan fingerprint density at radius 3 is 2.74 bits per heavy atom. The van der Waals surface area contributed by atoms with Gasteiger partial charge < -0.3 is 5.32 Å². The summed E-state index contributed by atoms with van der Waals surface area (Å²) in [4.78, 5) is 1.77. The van der Waals surface area contributed by atoms with Crippen molar-refractivity contribution in [2.45, 2.75) is 18.9 Å². The van der Waals surface area contributed by atoms with Crippen LogP contribution in [0.2, 0.25) is 0 Å². The number of aromatic nitrogens is 4. The molecule has 0 saturated carbocycles. The van der Waals surface area contributed by atoms with Crippen molar-refractivity contribution >= 4 is 23.2 Å². The maximum atomic E-state index is 4.31. The number of fused-ring (bicyclic) bond motifs is 1. The zero-order chi connectivity index (χ0) is 14.8. The Morgan fingerprint density at radius 2 is 2.00 bits per heavy atom. The summed E-state index contributed by atoms with van der Waals surface area (Å²) in [5, 5.41) is 18.4. The largest absolute Gasteiger partial charge is 0.316 e. The van der Waals surface area contributed by atoms with Crippen LogP contribution in [-0.2, 0) is 0 Å². The van der Waals surface area contributed by atoms with Gasteiger partial charge in [0, 0.05) is 6.54 Å². The molecule has 0 radical (unpaired) electrons. The number of benzene rings is 2. The highest BCUT2D eigenvalue weighted by Crippen LogP contribution is 2.31. The molecule has 5 nitrogen and oxygen atoms in total. The second-order valence-electron chi connectivity index (χ2n) is 5.91. The van der Waals surface area contributed by atoms with Gasteiger partial charge in [-0.3, -0.25) is 0 Å². The fourth-order valence-corrected chi connectivity index (χ4v) is 3.44. The number of hydrogen-bond donors (Lipinski definition) is 1. The Morgan fingerprint density at radius 1 is 1.13 bits per heavy atom. The van der Waals surface area contributed by atoms with Crippen molar-refractivity contribution in [3.05, 3.63) is 54.4 Å². The fourth-order valence-electron chi connectivity index (χ4n) is 3.44. The average molecular weight is 330 g/mol. The van der Waals surface area contributed by atoms with Gasteiger partial charge in [0.1, 0.15) is 6.04 Å². The Hall–Kier alpha value is -1.98. The predicted molar refractivity (Wildman–Crippen MR) is 92.7 cm³/mol. The van der Waals surface area contributed by atoms with Crippen LogP contribution in [0.5, 0.6) is 0 Å². The highest BCUT2D eigenvalue weighted by molar-refractivity contribution is 5.85. The first-order valence-corrected chi connectivity index (χ1v) is 7.84. The molecule has 1 saturated heterocycles. The minimum absolute atomic E-state index is 0. The van der Waals surface area contributed by atoms with E-state index in [9.17, 15) is 0 Å². The van der Waals surface area contributed by atoms with Gasteiger partial charge in [-0.2, -0.15) is 4.80 Å². The van der Waals surface area contributed by atoms with Crippen LogP contribution in [0.4, 0.5) is 0 Å². The molecule has 1 fully saturated rings. The van der Waals surface area contributed by atoms with Gasteiger partial charge in [0.25, 0.3) is 0 Å². The van der Waals surface area contributed by atoms with E-state index in [1.807, 2.05) is 0 Å². The molecule has 2 aromatic carbocycles. The third-order valence-electron chi connectivity index (χ3n) is 4.51. The van der Waals surface area contributed by atoms with E-state index in [0.717, 1.165) is 13.1 Å². The standard InChI is InChI=1S/C17H19N5.ClH/c1-2-5-14-10-15(8-7-13(14)4-1)17(22-20-12-19-21-22)16-6-3-9-18-11-16;/h1-2,4-5,7-8,10,12,16-18H,3,6,9,11H2;1H/t16-,17+;/m0./s1. The van der Waals surface area contributed by atoms with Crippen molar-refractivity contribution in [3.63, 3.8) is 0 Å². The van der Waals surface area contributed by atoms with Crippen molar-refractivity contribution < 1.29 is 0 Å². The number of hydrogen-bond acceptors (Lipinski definition) is 4. The maximum absolute atomic E-state index is 4.31. The summed E-state index contributed by atoms with van der Waals surface area (Å²) in [5.41, 5.74) is 1.26. The summed E-state index contributed by atoms with van der Waals surface area (Å²) >= 11 is 0. The molecule has 1 N–H and O–H groups in total. The van der Waals surface area contributed by atoms with E-state index in [4.69, 9.17) is 0 Å². The SMILES string of the molecule is Cl.c1ccc2cc([C@H]([C@H]3CCCNC3)n3ncnn3)ccc2c1. The minimum atomic E-state index is 0. The van der Waals surface area contributed by atoms with Crippen LogP contribution in [0.3, 0.4) is 0 Å². The molecule has 4 rings (SSSR count). The smallest absolute Gasteiger partial charge is 0.162 e. The van der Waals surface area contributed by atoms with Gasteiger partial charge in [-0.25, -0.2) is 0 Å². The summed E-state index contributed by atoms with van der Waals surface area (Å²) in [5.74, 6) is 0.490. The van der Waals surface area contributed by atoms with Crippen molar-refractivity contribution in [3.8, 4) is 0 Å². The summed E-state index contributed by atoms with van der Waals surface area (Å²) in [6.45, 7) is 2.10. The molecule has 0 bridgehead atoms. The Balaban J connectivity index is 0.00000156. The summed E-state index contributed by atoms with van der Waals surface area (Å²) in [7, 11) is 0. The summed E-state index contributed by atoms with van der Waals surface area (Å²) in [6.07, 6.45) is 3.90. The molecule has 1 aromatic heterocycles. The van der Waals surface area contributed by atoms with E-state index in [1.165, 1.54) is 35.5 Å². The molecule has 2 atom stereocenters. The van der Waals surface area contributed by atoms with E-state index in [0.29, 0.717) is 5.92 Å². The van der Waals surface area contributed by atoms with Gasteiger partial charge in [0.2, 0.25) is 0 Å². The summed E-state index contributed by atoms with van der Waals surface area (Å²) < 4.78 is 0. The van der Waals surface area contributed by atoms with Gasteiger partial charge >= 0.3 is 0 Å². The molecule has 120 valence electrons. The first kappa shape index (κ1) is 15.9. The lowest BCUT2D eigenvalue weighted by Crippen LogP contribution is -2.36. The zero-order valence-electron chi connectivity index (χ0n) is 12.8. The van der Waals surface area contributed by atoms with E-state index >= 15 is 0 Å². The Bertz CT molecular complexity index is 753. The first-order chi connectivity index (χ1) is 10.9. The number of piperidine rings is 1.